The fourth-order valence-corrected chi connectivity index (χ4v) is 1.98. The standard InChI is InChI=1S/C18H30N4O2.HI/c1-6-20-16(23)18(3,4)13-22-17(19-5)21-11-12-24-15-9-7-14(2)8-10-15;/h7-10H,6,11-13H2,1-5H3,(H,20,23)(H2,19,21,22);1H. The second-order valence-electron chi connectivity index (χ2n) is 6.26. The molecule has 0 bridgehead atoms. The summed E-state index contributed by atoms with van der Waals surface area (Å²) in [5.41, 5.74) is 0.700. The Hall–Kier alpha value is -1.51. The van der Waals surface area contributed by atoms with Crippen molar-refractivity contribution in [2.75, 3.05) is 33.3 Å². The Kier molecular flexibility index (Phi) is 11.2. The lowest BCUT2D eigenvalue weighted by molar-refractivity contribution is -0.128. The first-order valence-corrected chi connectivity index (χ1v) is 8.31. The van der Waals surface area contributed by atoms with Crippen LogP contribution in [0.3, 0.4) is 0 Å². The van der Waals surface area contributed by atoms with Crippen molar-refractivity contribution >= 4 is 35.8 Å². The molecule has 1 amide bonds. The first-order valence-electron chi connectivity index (χ1n) is 8.31. The van der Waals surface area contributed by atoms with Crippen LogP contribution in [0, 0.1) is 12.3 Å². The van der Waals surface area contributed by atoms with Gasteiger partial charge in [0.2, 0.25) is 5.91 Å². The number of hydrogen-bond donors (Lipinski definition) is 3. The number of benzene rings is 1. The van der Waals surface area contributed by atoms with Gasteiger partial charge in [-0.05, 0) is 39.8 Å². The molecule has 3 N–H and O–H groups in total. The van der Waals surface area contributed by atoms with Crippen LogP contribution in [0.1, 0.15) is 26.3 Å². The highest BCUT2D eigenvalue weighted by molar-refractivity contribution is 14.0. The number of nitrogens with zero attached hydrogens (tertiary/aromatic N) is 1. The number of guanidine groups is 1. The Labute approximate surface area is 168 Å². The second kappa shape index (κ2) is 11.9. The van der Waals surface area contributed by atoms with Gasteiger partial charge in [0, 0.05) is 20.1 Å². The van der Waals surface area contributed by atoms with Crippen molar-refractivity contribution in [1.82, 2.24) is 16.0 Å². The highest BCUT2D eigenvalue weighted by Crippen LogP contribution is 2.13. The molecule has 0 spiro atoms. The predicted octanol–water partition coefficient (Wildman–Crippen LogP) is 2.32. The molecular formula is C18H31IN4O2. The van der Waals surface area contributed by atoms with Crippen LogP contribution in [0.2, 0.25) is 0 Å². The maximum atomic E-state index is 12.0. The fourth-order valence-electron chi connectivity index (χ4n) is 1.98. The molecular weight excluding hydrogens is 431 g/mol. The van der Waals surface area contributed by atoms with Crippen LogP contribution in [-0.2, 0) is 4.79 Å². The molecule has 0 unspecified atom stereocenters. The third kappa shape index (κ3) is 8.94. The molecule has 142 valence electrons. The van der Waals surface area contributed by atoms with Gasteiger partial charge in [-0.1, -0.05) is 17.7 Å². The maximum Gasteiger partial charge on any atom is 0.227 e. The number of aliphatic imine (C=N–C) groups is 1. The highest BCUT2D eigenvalue weighted by atomic mass is 127. The molecule has 1 aromatic rings. The number of ether oxygens (including phenoxy) is 1. The molecule has 25 heavy (non-hydrogen) atoms. The summed E-state index contributed by atoms with van der Waals surface area (Å²) in [6.45, 7) is 10.0. The second-order valence-corrected chi connectivity index (χ2v) is 6.26. The average molecular weight is 462 g/mol. The van der Waals surface area contributed by atoms with E-state index in [1.54, 1.807) is 7.05 Å². The molecule has 1 rings (SSSR count). The van der Waals surface area contributed by atoms with E-state index in [-0.39, 0.29) is 29.9 Å². The topological polar surface area (TPSA) is 74.8 Å². The lowest BCUT2D eigenvalue weighted by Gasteiger charge is -2.24. The lowest BCUT2D eigenvalue weighted by Crippen LogP contribution is -2.48. The monoisotopic (exact) mass is 462 g/mol. The average Bonchev–Trinajstić information content (AvgIpc) is 2.56. The van der Waals surface area contributed by atoms with Crippen molar-refractivity contribution in [3.8, 4) is 5.75 Å². The van der Waals surface area contributed by atoms with Crippen LogP contribution in [0.15, 0.2) is 29.3 Å². The molecule has 0 aliphatic rings. The van der Waals surface area contributed by atoms with Crippen molar-refractivity contribution < 1.29 is 9.53 Å². The van der Waals surface area contributed by atoms with Gasteiger partial charge in [-0.25, -0.2) is 0 Å². The normalized spacial score (nSPS) is 11.3. The molecule has 6 nitrogen and oxygen atoms in total. The van der Waals surface area contributed by atoms with Gasteiger partial charge in [0.1, 0.15) is 12.4 Å². The van der Waals surface area contributed by atoms with Gasteiger partial charge in [-0.2, -0.15) is 0 Å². The number of aryl methyl sites for hydroxylation is 1. The molecule has 0 heterocycles. The van der Waals surface area contributed by atoms with Crippen molar-refractivity contribution in [3.05, 3.63) is 29.8 Å². The van der Waals surface area contributed by atoms with E-state index < -0.39 is 5.41 Å². The molecule has 0 aromatic heterocycles. The van der Waals surface area contributed by atoms with Gasteiger partial charge in [0.25, 0.3) is 0 Å². The third-order valence-corrected chi connectivity index (χ3v) is 3.56. The van der Waals surface area contributed by atoms with Crippen LogP contribution >= 0.6 is 24.0 Å². The molecule has 0 fully saturated rings. The largest absolute Gasteiger partial charge is 0.492 e. The van der Waals surface area contributed by atoms with Crippen LogP contribution < -0.4 is 20.7 Å². The Morgan fingerprint density at radius 2 is 1.80 bits per heavy atom. The van der Waals surface area contributed by atoms with Crippen LogP contribution in [0.5, 0.6) is 5.75 Å². The Morgan fingerprint density at radius 1 is 1.16 bits per heavy atom. The number of hydrogen-bond acceptors (Lipinski definition) is 3. The van der Waals surface area contributed by atoms with Gasteiger partial charge in [0.15, 0.2) is 5.96 Å². The van der Waals surface area contributed by atoms with E-state index >= 15 is 0 Å². The van der Waals surface area contributed by atoms with Crippen LogP contribution in [0.25, 0.3) is 0 Å². The summed E-state index contributed by atoms with van der Waals surface area (Å²) in [4.78, 5) is 16.1. The third-order valence-electron chi connectivity index (χ3n) is 3.56. The minimum absolute atomic E-state index is 0. The number of rotatable bonds is 8. The first-order chi connectivity index (χ1) is 11.4. The zero-order chi connectivity index (χ0) is 18.0. The van der Waals surface area contributed by atoms with E-state index in [2.05, 4.69) is 20.9 Å². The van der Waals surface area contributed by atoms with E-state index in [0.717, 1.165) is 5.75 Å². The van der Waals surface area contributed by atoms with E-state index in [1.165, 1.54) is 5.56 Å². The van der Waals surface area contributed by atoms with Gasteiger partial charge >= 0.3 is 0 Å². The summed E-state index contributed by atoms with van der Waals surface area (Å²) in [5, 5.41) is 9.20. The maximum absolute atomic E-state index is 12.0. The van der Waals surface area contributed by atoms with Gasteiger partial charge < -0.3 is 20.7 Å². The number of carbonyl (C=O) groups excluding carboxylic acids is 1. The van der Waals surface area contributed by atoms with Crippen molar-refractivity contribution in [2.24, 2.45) is 10.4 Å². The van der Waals surface area contributed by atoms with Gasteiger partial charge in [-0.15, -0.1) is 24.0 Å². The predicted molar refractivity (Wildman–Crippen MR) is 114 cm³/mol. The Bertz CT molecular complexity index is 545. The zero-order valence-corrected chi connectivity index (χ0v) is 18.1. The van der Waals surface area contributed by atoms with E-state index in [1.807, 2.05) is 52.0 Å². The quantitative estimate of drug-likeness (QED) is 0.240. The Balaban J connectivity index is 0.00000576. The summed E-state index contributed by atoms with van der Waals surface area (Å²) >= 11 is 0. The minimum Gasteiger partial charge on any atom is -0.492 e. The summed E-state index contributed by atoms with van der Waals surface area (Å²) in [6, 6.07) is 7.95. The number of halogens is 1. The molecule has 1 aromatic carbocycles. The molecule has 0 saturated carbocycles. The summed E-state index contributed by atoms with van der Waals surface area (Å²) < 4.78 is 5.66. The van der Waals surface area contributed by atoms with Crippen molar-refractivity contribution in [2.45, 2.75) is 27.7 Å². The van der Waals surface area contributed by atoms with Crippen molar-refractivity contribution in [3.63, 3.8) is 0 Å². The smallest absolute Gasteiger partial charge is 0.227 e. The zero-order valence-electron chi connectivity index (χ0n) is 15.8. The summed E-state index contributed by atoms with van der Waals surface area (Å²) in [5.74, 6) is 1.53. The number of nitrogens with one attached hydrogen (secondary N) is 3. The van der Waals surface area contributed by atoms with Gasteiger partial charge in [-0.3, -0.25) is 9.79 Å². The highest BCUT2D eigenvalue weighted by Gasteiger charge is 2.27. The molecule has 0 radical (unpaired) electrons. The lowest BCUT2D eigenvalue weighted by atomic mass is 9.92. The van der Waals surface area contributed by atoms with E-state index in [0.29, 0.717) is 32.2 Å². The van der Waals surface area contributed by atoms with E-state index in [9.17, 15) is 4.79 Å². The van der Waals surface area contributed by atoms with Crippen molar-refractivity contribution in [1.29, 1.82) is 0 Å². The number of carbonyl (C=O) groups is 1. The fraction of sp³-hybridized carbons (Fsp3) is 0.556. The van der Waals surface area contributed by atoms with Gasteiger partial charge in [0.05, 0.1) is 12.0 Å². The molecule has 0 aliphatic carbocycles. The minimum atomic E-state index is -0.508. The number of amides is 1. The first kappa shape index (κ1) is 23.5. The summed E-state index contributed by atoms with van der Waals surface area (Å²) in [7, 11) is 1.70. The molecule has 7 heteroatoms. The van der Waals surface area contributed by atoms with Crippen LogP contribution in [0.4, 0.5) is 0 Å². The molecule has 0 aliphatic heterocycles. The molecule has 0 saturated heterocycles. The van der Waals surface area contributed by atoms with E-state index in [4.69, 9.17) is 4.74 Å². The Morgan fingerprint density at radius 3 is 2.36 bits per heavy atom. The van der Waals surface area contributed by atoms with Crippen LogP contribution in [-0.4, -0.2) is 45.2 Å². The SMILES string of the molecule is CCNC(=O)C(C)(C)CNC(=NC)NCCOc1ccc(C)cc1.I. The summed E-state index contributed by atoms with van der Waals surface area (Å²) in [6.07, 6.45) is 0. The molecule has 0 atom stereocenters.